The van der Waals surface area contributed by atoms with Crippen LogP contribution in [0.5, 0.6) is 0 Å². The molecule has 134 valence electrons. The van der Waals surface area contributed by atoms with Crippen LogP contribution < -0.4 is 0 Å². The lowest BCUT2D eigenvalue weighted by Gasteiger charge is -2.27. The van der Waals surface area contributed by atoms with Crippen molar-refractivity contribution in [2.24, 2.45) is 0 Å². The van der Waals surface area contributed by atoms with Gasteiger partial charge in [0.2, 0.25) is 11.8 Å². The molecular weight excluding hydrogens is 340 g/mol. The van der Waals surface area contributed by atoms with Crippen LogP contribution in [0.25, 0.3) is 11.5 Å². The molecule has 7 heteroatoms. The molecule has 0 bridgehead atoms. The van der Waals surface area contributed by atoms with Gasteiger partial charge in [0.05, 0.1) is 23.6 Å². The van der Waals surface area contributed by atoms with Gasteiger partial charge in [0, 0.05) is 18.2 Å². The first-order valence-corrected chi connectivity index (χ1v) is 10.3. The normalized spacial score (nSPS) is 19.0. The Morgan fingerprint density at radius 1 is 1.32 bits per heavy atom. The SMILES string of the molecule is CCCN(C(=O)Cc1coc(-c2ccccc2)n1)C1CCS(=O)(=O)C1. The number of carbonyl (C=O) groups is 1. The average Bonchev–Trinajstić information content (AvgIpc) is 3.19. The van der Waals surface area contributed by atoms with Gasteiger partial charge in [-0.05, 0) is 25.0 Å². The number of sulfone groups is 1. The van der Waals surface area contributed by atoms with Gasteiger partial charge in [-0.15, -0.1) is 0 Å². The van der Waals surface area contributed by atoms with Gasteiger partial charge in [0.25, 0.3) is 0 Å². The molecule has 0 spiro atoms. The highest BCUT2D eigenvalue weighted by Gasteiger charge is 2.34. The fourth-order valence-corrected chi connectivity index (χ4v) is 4.86. The largest absolute Gasteiger partial charge is 0.444 e. The van der Waals surface area contributed by atoms with Crippen LogP contribution in [0, 0.1) is 0 Å². The molecule has 1 fully saturated rings. The van der Waals surface area contributed by atoms with Crippen molar-refractivity contribution in [3.63, 3.8) is 0 Å². The smallest absolute Gasteiger partial charge is 0.228 e. The molecule has 1 unspecified atom stereocenters. The van der Waals surface area contributed by atoms with E-state index in [1.54, 1.807) is 4.90 Å². The summed E-state index contributed by atoms with van der Waals surface area (Å²) in [5.74, 6) is 0.603. The maximum atomic E-state index is 12.7. The molecule has 1 atom stereocenters. The van der Waals surface area contributed by atoms with Crippen molar-refractivity contribution in [1.82, 2.24) is 9.88 Å². The van der Waals surface area contributed by atoms with Crippen LogP contribution in [0.2, 0.25) is 0 Å². The minimum Gasteiger partial charge on any atom is -0.444 e. The quantitative estimate of drug-likeness (QED) is 0.788. The van der Waals surface area contributed by atoms with Crippen molar-refractivity contribution in [2.75, 3.05) is 18.1 Å². The lowest BCUT2D eigenvalue weighted by molar-refractivity contribution is -0.132. The molecule has 1 aromatic carbocycles. The summed E-state index contributed by atoms with van der Waals surface area (Å²) < 4.78 is 28.9. The molecule has 3 rings (SSSR count). The fraction of sp³-hybridized carbons (Fsp3) is 0.444. The standard InChI is InChI=1S/C18H22N2O4S/c1-2-9-20(16-8-10-25(22,23)13-16)17(21)11-15-12-24-18(19-15)14-6-4-3-5-7-14/h3-7,12,16H,2,8-11,13H2,1H3. The van der Waals surface area contributed by atoms with E-state index in [9.17, 15) is 13.2 Å². The topological polar surface area (TPSA) is 80.5 Å². The minimum absolute atomic E-state index is 0.0623. The van der Waals surface area contributed by atoms with E-state index >= 15 is 0 Å². The molecule has 0 saturated carbocycles. The van der Waals surface area contributed by atoms with Crippen LogP contribution in [0.15, 0.2) is 41.0 Å². The second kappa shape index (κ2) is 7.39. The van der Waals surface area contributed by atoms with E-state index < -0.39 is 9.84 Å². The van der Waals surface area contributed by atoms with Crippen molar-refractivity contribution in [3.05, 3.63) is 42.3 Å². The van der Waals surface area contributed by atoms with Gasteiger partial charge >= 0.3 is 0 Å². The summed E-state index contributed by atoms with van der Waals surface area (Å²) in [4.78, 5) is 18.8. The Bertz CT molecular complexity index is 830. The molecule has 0 aliphatic carbocycles. The number of hydrogen-bond acceptors (Lipinski definition) is 5. The Morgan fingerprint density at radius 2 is 2.08 bits per heavy atom. The molecule has 1 aromatic heterocycles. The third-order valence-electron chi connectivity index (χ3n) is 4.34. The number of hydrogen-bond donors (Lipinski definition) is 0. The van der Waals surface area contributed by atoms with Crippen molar-refractivity contribution in [2.45, 2.75) is 32.2 Å². The van der Waals surface area contributed by atoms with Crippen LogP contribution in [-0.4, -0.2) is 48.3 Å². The monoisotopic (exact) mass is 362 g/mol. The molecule has 1 amide bonds. The average molecular weight is 362 g/mol. The third-order valence-corrected chi connectivity index (χ3v) is 6.09. The lowest BCUT2D eigenvalue weighted by atomic mass is 10.2. The van der Waals surface area contributed by atoms with Crippen molar-refractivity contribution in [1.29, 1.82) is 0 Å². The molecule has 2 heterocycles. The molecule has 25 heavy (non-hydrogen) atoms. The van der Waals surface area contributed by atoms with Crippen molar-refractivity contribution >= 4 is 15.7 Å². The lowest BCUT2D eigenvalue weighted by Crippen LogP contribution is -2.42. The fourth-order valence-electron chi connectivity index (χ4n) is 3.13. The number of aromatic nitrogens is 1. The molecule has 6 nitrogen and oxygen atoms in total. The summed E-state index contributed by atoms with van der Waals surface area (Å²) >= 11 is 0. The van der Waals surface area contributed by atoms with Gasteiger partial charge in [0.1, 0.15) is 6.26 Å². The molecule has 0 N–H and O–H groups in total. The van der Waals surface area contributed by atoms with Crippen molar-refractivity contribution < 1.29 is 17.6 Å². The Balaban J connectivity index is 1.70. The number of benzene rings is 1. The van der Waals surface area contributed by atoms with Gasteiger partial charge in [-0.3, -0.25) is 4.79 Å². The van der Waals surface area contributed by atoms with E-state index in [1.807, 2.05) is 37.3 Å². The van der Waals surface area contributed by atoms with E-state index in [0.717, 1.165) is 12.0 Å². The molecule has 1 aliphatic heterocycles. The Hall–Kier alpha value is -2.15. The maximum absolute atomic E-state index is 12.7. The van der Waals surface area contributed by atoms with Crippen LogP contribution in [-0.2, 0) is 21.1 Å². The molecule has 0 radical (unpaired) electrons. The minimum atomic E-state index is -3.03. The number of nitrogens with zero attached hydrogens (tertiary/aromatic N) is 2. The highest BCUT2D eigenvalue weighted by atomic mass is 32.2. The number of rotatable bonds is 6. The van der Waals surface area contributed by atoms with Crippen LogP contribution in [0.1, 0.15) is 25.5 Å². The van der Waals surface area contributed by atoms with Gasteiger partial charge in [0.15, 0.2) is 9.84 Å². The Kier molecular flexibility index (Phi) is 5.22. The summed E-state index contributed by atoms with van der Waals surface area (Å²) in [6, 6.07) is 9.27. The zero-order valence-corrected chi connectivity index (χ0v) is 15.0. The van der Waals surface area contributed by atoms with E-state index in [4.69, 9.17) is 4.42 Å². The maximum Gasteiger partial charge on any atom is 0.228 e. The zero-order valence-electron chi connectivity index (χ0n) is 14.2. The predicted octanol–water partition coefficient (Wildman–Crippen LogP) is 2.31. The predicted molar refractivity (Wildman–Crippen MR) is 94.7 cm³/mol. The molecule has 2 aromatic rings. The van der Waals surface area contributed by atoms with Gasteiger partial charge in [-0.2, -0.15) is 0 Å². The summed E-state index contributed by atoms with van der Waals surface area (Å²) in [6.07, 6.45) is 2.92. The Labute approximate surface area is 147 Å². The van der Waals surface area contributed by atoms with E-state index in [2.05, 4.69) is 4.98 Å². The molecule has 1 aliphatic rings. The van der Waals surface area contributed by atoms with Crippen LogP contribution in [0.4, 0.5) is 0 Å². The Morgan fingerprint density at radius 3 is 2.72 bits per heavy atom. The third kappa shape index (κ3) is 4.28. The first-order chi connectivity index (χ1) is 12.0. The van der Waals surface area contributed by atoms with Crippen molar-refractivity contribution in [3.8, 4) is 11.5 Å². The van der Waals surface area contributed by atoms with E-state index in [1.165, 1.54) is 6.26 Å². The van der Waals surface area contributed by atoms with Gasteiger partial charge in [-0.1, -0.05) is 25.1 Å². The van der Waals surface area contributed by atoms with Crippen LogP contribution >= 0.6 is 0 Å². The first-order valence-electron chi connectivity index (χ1n) is 8.48. The molecular formula is C18H22N2O4S. The zero-order chi connectivity index (χ0) is 17.9. The number of amides is 1. The second-order valence-electron chi connectivity index (χ2n) is 6.33. The number of oxazole rings is 1. The van der Waals surface area contributed by atoms with E-state index in [0.29, 0.717) is 24.6 Å². The van der Waals surface area contributed by atoms with Gasteiger partial charge < -0.3 is 9.32 Å². The molecule has 1 saturated heterocycles. The number of carbonyl (C=O) groups excluding carboxylic acids is 1. The highest BCUT2D eigenvalue weighted by Crippen LogP contribution is 2.21. The second-order valence-corrected chi connectivity index (χ2v) is 8.56. The summed E-state index contributed by atoms with van der Waals surface area (Å²) in [5, 5.41) is 0. The summed E-state index contributed by atoms with van der Waals surface area (Å²) in [6.45, 7) is 2.54. The summed E-state index contributed by atoms with van der Waals surface area (Å²) in [7, 11) is -3.03. The first kappa shape index (κ1) is 17.7. The van der Waals surface area contributed by atoms with Gasteiger partial charge in [-0.25, -0.2) is 13.4 Å². The summed E-state index contributed by atoms with van der Waals surface area (Å²) in [5.41, 5.74) is 1.42. The van der Waals surface area contributed by atoms with Crippen LogP contribution in [0.3, 0.4) is 0 Å². The van der Waals surface area contributed by atoms with E-state index in [-0.39, 0.29) is 29.9 Å². The highest BCUT2D eigenvalue weighted by molar-refractivity contribution is 7.91.